The van der Waals surface area contributed by atoms with Crippen LogP contribution in [0.2, 0.25) is 5.04 Å². The predicted octanol–water partition coefficient (Wildman–Crippen LogP) is 2.60. The number of carbonyl (C=O) groups excluding carboxylic acids is 1. The molecule has 5 rings (SSSR count). The average molecular weight is 710 g/mol. The van der Waals surface area contributed by atoms with Crippen LogP contribution in [0.25, 0.3) is 11.0 Å². The highest BCUT2D eigenvalue weighted by atomic mass is 28.4. The van der Waals surface area contributed by atoms with E-state index in [4.69, 9.17) is 9.16 Å². The molecule has 12 nitrogen and oxygen atoms in total. The summed E-state index contributed by atoms with van der Waals surface area (Å²) in [5.41, 5.74) is -0.724. The summed E-state index contributed by atoms with van der Waals surface area (Å²) in [5.74, 6) is 2.77. The van der Waals surface area contributed by atoms with Crippen molar-refractivity contribution in [1.29, 1.82) is 0 Å². The number of halogens is 3. The van der Waals surface area contributed by atoms with Gasteiger partial charge in [-0.2, -0.15) is 23.3 Å². The monoisotopic (exact) mass is 709 g/mol. The number of alkyl halides is 3. The van der Waals surface area contributed by atoms with Crippen LogP contribution in [-0.4, -0.2) is 95.9 Å². The van der Waals surface area contributed by atoms with Crippen molar-refractivity contribution in [2.45, 2.75) is 56.8 Å². The lowest BCUT2D eigenvalue weighted by Crippen LogP contribution is -2.67. The van der Waals surface area contributed by atoms with Crippen LogP contribution < -0.4 is 21.2 Å². The maximum atomic E-state index is 13.2. The van der Waals surface area contributed by atoms with Crippen LogP contribution in [0, 0.1) is 11.8 Å². The van der Waals surface area contributed by atoms with Gasteiger partial charge in [-0.15, -0.1) is 0 Å². The largest absolute Gasteiger partial charge is 0.471 e. The molecule has 264 valence electrons. The number of nitrogens with one attached hydrogen (secondary N) is 2. The molecule has 3 N–H and O–H groups in total. The summed E-state index contributed by atoms with van der Waals surface area (Å²) in [5, 5.41) is 19.1. The number of hydrogen-bond donors (Lipinski definition) is 3. The van der Waals surface area contributed by atoms with Crippen LogP contribution in [0.3, 0.4) is 0 Å². The van der Waals surface area contributed by atoms with Gasteiger partial charge in [0.15, 0.2) is 17.6 Å². The Balaban J connectivity index is 1.48. The normalized spacial score (nSPS) is 18.3. The molecule has 1 amide bonds. The fraction of sp³-hybridized carbons (Fsp3) is 0.382. The maximum absolute atomic E-state index is 13.2. The Morgan fingerprint density at radius 3 is 2.34 bits per heavy atom. The van der Waals surface area contributed by atoms with Gasteiger partial charge >= 0.3 is 12.1 Å². The van der Waals surface area contributed by atoms with Crippen molar-refractivity contribution in [2.75, 3.05) is 27.2 Å². The van der Waals surface area contributed by atoms with Gasteiger partial charge in [0.05, 0.1) is 25.6 Å². The standard InChI is InChI=1S/C34H38F3N7O5Si/c1-33(2,3)50(22-13-8-6-9-14-22,23-15-10-7-11-16-23)48-20-26-25(45)19-27(49-26)44-29-28(30(46)41-32(40-29)39-21-43(4)5)24(42-44)17-12-18-38-31(47)34(35,36)37/h6-11,13-16,21,25-27,45H,18-20H2,1-5H3,(H,38,47)(H,40,41,46)/b39-21-/t25-,26-,27-/m1/s1. The SMILES string of the molecule is CN(C)/C=N\c1nc2c(c(C#CCNC(=O)C(F)(F)F)nn2[C@H]2C[C@@H](O)[C@@H](CO[Si](c3ccccc3)(c3ccccc3)C(C)(C)C)O2)c(=O)[nH]1. The molecule has 1 aliphatic heterocycles. The number of ether oxygens (including phenoxy) is 1. The van der Waals surface area contributed by atoms with Gasteiger partial charge < -0.3 is 24.5 Å². The summed E-state index contributed by atoms with van der Waals surface area (Å²) in [7, 11) is 0.500. The van der Waals surface area contributed by atoms with Gasteiger partial charge in [0, 0.05) is 20.5 Å². The van der Waals surface area contributed by atoms with Crippen molar-refractivity contribution in [3.05, 3.63) is 76.7 Å². The molecule has 1 saturated heterocycles. The number of aliphatic imine (C=N–C) groups is 1. The number of aromatic amines is 1. The third-order valence-corrected chi connectivity index (χ3v) is 13.1. The van der Waals surface area contributed by atoms with Crippen LogP contribution >= 0.6 is 0 Å². The molecule has 16 heteroatoms. The van der Waals surface area contributed by atoms with Crippen molar-refractivity contribution in [2.24, 2.45) is 4.99 Å². The lowest BCUT2D eigenvalue weighted by molar-refractivity contribution is -0.173. The van der Waals surface area contributed by atoms with E-state index < -0.39 is 50.9 Å². The molecule has 1 aliphatic rings. The van der Waals surface area contributed by atoms with Crippen LogP contribution in [0.5, 0.6) is 0 Å². The van der Waals surface area contributed by atoms with Crippen molar-refractivity contribution >= 4 is 47.9 Å². The summed E-state index contributed by atoms with van der Waals surface area (Å²) < 4.78 is 52.5. The molecule has 2 aromatic carbocycles. The van der Waals surface area contributed by atoms with E-state index in [1.807, 2.05) is 36.4 Å². The number of aromatic nitrogens is 4. The van der Waals surface area contributed by atoms with Gasteiger partial charge in [0.2, 0.25) is 5.95 Å². The molecular weight excluding hydrogens is 671 g/mol. The fourth-order valence-corrected chi connectivity index (χ4v) is 10.5. The van der Waals surface area contributed by atoms with Gasteiger partial charge in [0.25, 0.3) is 13.9 Å². The van der Waals surface area contributed by atoms with Crippen LogP contribution in [0.4, 0.5) is 19.1 Å². The van der Waals surface area contributed by atoms with E-state index in [0.717, 1.165) is 10.4 Å². The molecule has 0 saturated carbocycles. The number of benzene rings is 2. The second kappa shape index (κ2) is 14.6. The molecule has 0 radical (unpaired) electrons. The zero-order valence-electron chi connectivity index (χ0n) is 28.2. The number of nitrogens with zero attached hydrogens (tertiary/aromatic N) is 5. The number of fused-ring (bicyclic) bond motifs is 1. The second-order valence-electron chi connectivity index (χ2n) is 13.0. The summed E-state index contributed by atoms with van der Waals surface area (Å²) in [4.78, 5) is 37.3. The summed E-state index contributed by atoms with van der Waals surface area (Å²) in [6, 6.07) is 20.1. The van der Waals surface area contributed by atoms with E-state index in [1.54, 1.807) is 24.3 Å². The van der Waals surface area contributed by atoms with E-state index in [2.05, 4.69) is 76.9 Å². The molecule has 1 fully saturated rings. The molecule has 50 heavy (non-hydrogen) atoms. The Bertz CT molecular complexity index is 1930. The number of rotatable bonds is 9. The van der Waals surface area contributed by atoms with Crippen molar-refractivity contribution in [3.8, 4) is 11.8 Å². The first-order valence-electron chi connectivity index (χ1n) is 15.8. The van der Waals surface area contributed by atoms with Crippen LogP contribution in [0.1, 0.15) is 39.1 Å². The van der Waals surface area contributed by atoms with Crippen LogP contribution in [0.15, 0.2) is 70.5 Å². The predicted molar refractivity (Wildman–Crippen MR) is 184 cm³/mol. The number of hydrogen-bond acceptors (Lipinski definition) is 8. The number of H-pyrrole nitrogens is 1. The smallest absolute Gasteiger partial charge is 0.405 e. The van der Waals surface area contributed by atoms with Crippen molar-refractivity contribution < 1.29 is 32.2 Å². The Morgan fingerprint density at radius 2 is 1.78 bits per heavy atom. The number of aliphatic hydroxyl groups excluding tert-OH is 1. The van der Waals surface area contributed by atoms with E-state index in [0.29, 0.717) is 0 Å². The highest BCUT2D eigenvalue weighted by molar-refractivity contribution is 6.99. The fourth-order valence-electron chi connectivity index (χ4n) is 5.89. The maximum Gasteiger partial charge on any atom is 0.471 e. The second-order valence-corrected chi connectivity index (χ2v) is 17.3. The first kappa shape index (κ1) is 36.5. The molecule has 3 heterocycles. The highest BCUT2D eigenvalue weighted by Crippen LogP contribution is 2.38. The van der Waals surface area contributed by atoms with Gasteiger partial charge in [0.1, 0.15) is 11.5 Å². The first-order valence-corrected chi connectivity index (χ1v) is 17.7. The Kier molecular flexibility index (Phi) is 10.6. The third kappa shape index (κ3) is 7.65. The molecule has 0 unspecified atom stereocenters. The lowest BCUT2D eigenvalue weighted by atomic mass is 10.2. The topological polar surface area (TPSA) is 147 Å². The Labute approximate surface area is 287 Å². The molecule has 0 bridgehead atoms. The first-order chi connectivity index (χ1) is 23.6. The highest BCUT2D eigenvalue weighted by Gasteiger charge is 2.51. The number of amides is 1. The van der Waals surface area contributed by atoms with Crippen molar-refractivity contribution in [3.63, 3.8) is 0 Å². The average Bonchev–Trinajstić information content (AvgIpc) is 3.62. The van der Waals surface area contributed by atoms with E-state index in [9.17, 15) is 27.9 Å². The molecule has 2 aromatic heterocycles. The zero-order chi connectivity index (χ0) is 36.3. The lowest BCUT2D eigenvalue weighted by Gasteiger charge is -2.43. The summed E-state index contributed by atoms with van der Waals surface area (Å²) in [6.07, 6.45) is -6.27. The molecule has 3 atom stereocenters. The van der Waals surface area contributed by atoms with E-state index in [1.165, 1.54) is 11.0 Å². The summed E-state index contributed by atoms with van der Waals surface area (Å²) in [6.45, 7) is 5.81. The van der Waals surface area contributed by atoms with E-state index >= 15 is 0 Å². The van der Waals surface area contributed by atoms with Gasteiger partial charge in [-0.05, 0) is 21.3 Å². The van der Waals surface area contributed by atoms with Gasteiger partial charge in [-0.25, -0.2) is 9.67 Å². The minimum atomic E-state index is -5.07. The van der Waals surface area contributed by atoms with E-state index in [-0.39, 0.29) is 40.7 Å². The quantitative estimate of drug-likeness (QED) is 0.104. The summed E-state index contributed by atoms with van der Waals surface area (Å²) >= 11 is 0. The minimum Gasteiger partial charge on any atom is -0.405 e. The van der Waals surface area contributed by atoms with Crippen molar-refractivity contribution in [1.82, 2.24) is 30.0 Å². The van der Waals surface area contributed by atoms with Gasteiger partial charge in [-0.1, -0.05) is 87.4 Å². The van der Waals surface area contributed by atoms with Gasteiger partial charge in [-0.3, -0.25) is 14.6 Å². The Morgan fingerprint density at radius 1 is 1.16 bits per heavy atom. The molecule has 0 aliphatic carbocycles. The molecule has 0 spiro atoms. The minimum absolute atomic E-state index is 0.0361. The zero-order valence-corrected chi connectivity index (χ0v) is 29.2. The molecule has 4 aromatic rings. The number of carbonyl (C=O) groups is 1. The third-order valence-electron chi connectivity index (χ3n) is 8.12. The Hall–Kier alpha value is -4.82. The molecular formula is C34H38F3N7O5Si. The number of aliphatic hydroxyl groups is 1. The van der Waals surface area contributed by atoms with Crippen LogP contribution in [-0.2, 0) is 14.0 Å².